The Labute approximate surface area is 162 Å². The summed E-state index contributed by atoms with van der Waals surface area (Å²) in [4.78, 5) is 16.7. The van der Waals surface area contributed by atoms with Crippen molar-refractivity contribution in [1.82, 2.24) is 4.98 Å². The zero-order valence-electron chi connectivity index (χ0n) is 14.9. The number of carbonyl (C=O) groups is 1. The van der Waals surface area contributed by atoms with Crippen LogP contribution in [0.3, 0.4) is 0 Å². The lowest BCUT2D eigenvalue weighted by molar-refractivity contribution is -0.115. The monoisotopic (exact) mass is 401 g/mol. The van der Waals surface area contributed by atoms with Crippen LogP contribution in [0.5, 0.6) is 0 Å². The summed E-state index contributed by atoms with van der Waals surface area (Å²) in [6.45, 7) is 1.99. The van der Waals surface area contributed by atoms with Gasteiger partial charge in [0.2, 0.25) is 15.9 Å². The second-order valence-electron chi connectivity index (χ2n) is 6.17. The summed E-state index contributed by atoms with van der Waals surface area (Å²) in [5.41, 5.74) is 4.00. The highest BCUT2D eigenvalue weighted by Crippen LogP contribution is 2.24. The number of nitrogens with one attached hydrogen (secondary N) is 2. The van der Waals surface area contributed by atoms with Gasteiger partial charge in [-0.1, -0.05) is 29.8 Å². The normalized spacial score (nSPS) is 11.2. The Morgan fingerprint density at radius 3 is 2.30 bits per heavy atom. The van der Waals surface area contributed by atoms with E-state index in [0.717, 1.165) is 28.8 Å². The molecule has 27 heavy (non-hydrogen) atoms. The molecule has 0 aliphatic carbocycles. The van der Waals surface area contributed by atoms with Crippen molar-refractivity contribution in [2.45, 2.75) is 13.3 Å². The molecule has 0 aliphatic rings. The topological polar surface area (TPSA) is 88.2 Å². The van der Waals surface area contributed by atoms with Gasteiger partial charge in [-0.2, -0.15) is 0 Å². The predicted molar refractivity (Wildman–Crippen MR) is 110 cm³/mol. The number of anilines is 2. The third-order valence-electron chi connectivity index (χ3n) is 3.68. The molecule has 8 heteroatoms. The molecule has 2 aromatic carbocycles. The van der Waals surface area contributed by atoms with E-state index in [-0.39, 0.29) is 12.3 Å². The van der Waals surface area contributed by atoms with Gasteiger partial charge in [0.1, 0.15) is 5.01 Å². The Bertz CT molecular complexity index is 1040. The molecular formula is C19H19N3O3S2. The molecule has 1 aromatic heterocycles. The van der Waals surface area contributed by atoms with Crippen molar-refractivity contribution in [3.63, 3.8) is 0 Å². The lowest BCUT2D eigenvalue weighted by atomic mass is 10.1. The molecule has 2 N–H and O–H groups in total. The summed E-state index contributed by atoms with van der Waals surface area (Å²) in [7, 11) is -3.30. The van der Waals surface area contributed by atoms with E-state index in [2.05, 4.69) is 15.0 Å². The molecule has 3 rings (SSSR count). The van der Waals surface area contributed by atoms with Gasteiger partial charge >= 0.3 is 0 Å². The van der Waals surface area contributed by atoms with Crippen LogP contribution in [0, 0.1) is 6.92 Å². The summed E-state index contributed by atoms with van der Waals surface area (Å²) < 4.78 is 24.9. The number of amides is 1. The third-order valence-corrected chi connectivity index (χ3v) is 5.14. The number of nitrogens with zero attached hydrogens (tertiary/aromatic N) is 1. The van der Waals surface area contributed by atoms with Gasteiger partial charge < -0.3 is 5.32 Å². The molecule has 0 aliphatic heterocycles. The van der Waals surface area contributed by atoms with Crippen LogP contribution in [0.25, 0.3) is 11.3 Å². The molecule has 3 aromatic rings. The lowest BCUT2D eigenvalue weighted by Gasteiger charge is -2.04. The minimum atomic E-state index is -3.30. The van der Waals surface area contributed by atoms with Crippen LogP contribution in [0.1, 0.15) is 10.6 Å². The first-order valence-corrected chi connectivity index (χ1v) is 10.9. The molecule has 0 spiro atoms. The molecule has 1 heterocycles. The van der Waals surface area contributed by atoms with Gasteiger partial charge in [0.25, 0.3) is 0 Å². The fraction of sp³-hybridized carbons (Fsp3) is 0.158. The Morgan fingerprint density at radius 2 is 1.67 bits per heavy atom. The Hall–Kier alpha value is -2.71. The van der Waals surface area contributed by atoms with Gasteiger partial charge in [0, 0.05) is 22.3 Å². The third kappa shape index (κ3) is 5.63. The number of hydrogen-bond acceptors (Lipinski definition) is 5. The molecule has 6 nitrogen and oxygen atoms in total. The Kier molecular flexibility index (Phi) is 5.57. The van der Waals surface area contributed by atoms with E-state index < -0.39 is 10.0 Å². The van der Waals surface area contributed by atoms with Gasteiger partial charge in [-0.15, -0.1) is 11.3 Å². The number of hydrogen-bond donors (Lipinski definition) is 2. The molecule has 0 saturated carbocycles. The highest BCUT2D eigenvalue weighted by Gasteiger charge is 2.10. The highest BCUT2D eigenvalue weighted by atomic mass is 32.2. The second kappa shape index (κ2) is 7.89. The maximum atomic E-state index is 12.2. The first-order valence-electron chi connectivity index (χ1n) is 8.18. The van der Waals surface area contributed by atoms with Crippen LogP contribution in [0.2, 0.25) is 0 Å². The fourth-order valence-corrected chi connectivity index (χ4v) is 3.79. The smallest absolute Gasteiger partial charge is 0.231 e. The van der Waals surface area contributed by atoms with Crippen LogP contribution in [0.15, 0.2) is 53.9 Å². The summed E-state index contributed by atoms with van der Waals surface area (Å²) >= 11 is 1.42. The van der Waals surface area contributed by atoms with E-state index in [0.29, 0.717) is 10.7 Å². The quantitative estimate of drug-likeness (QED) is 0.660. The van der Waals surface area contributed by atoms with Crippen molar-refractivity contribution < 1.29 is 13.2 Å². The minimum absolute atomic E-state index is 0.118. The lowest BCUT2D eigenvalue weighted by Crippen LogP contribution is -2.14. The largest absolute Gasteiger partial charge is 0.326 e. The maximum Gasteiger partial charge on any atom is 0.231 e. The molecule has 0 atom stereocenters. The summed E-state index contributed by atoms with van der Waals surface area (Å²) in [5, 5.41) is 5.46. The van der Waals surface area contributed by atoms with Crippen molar-refractivity contribution in [1.29, 1.82) is 0 Å². The van der Waals surface area contributed by atoms with E-state index in [9.17, 15) is 13.2 Å². The van der Waals surface area contributed by atoms with Crippen molar-refractivity contribution in [3.05, 3.63) is 64.5 Å². The molecular weight excluding hydrogens is 382 g/mol. The Morgan fingerprint density at radius 1 is 1.04 bits per heavy atom. The van der Waals surface area contributed by atoms with Crippen molar-refractivity contribution in [3.8, 4) is 11.3 Å². The van der Waals surface area contributed by atoms with Crippen LogP contribution in [0.4, 0.5) is 11.4 Å². The van der Waals surface area contributed by atoms with E-state index in [1.165, 1.54) is 11.3 Å². The van der Waals surface area contributed by atoms with E-state index >= 15 is 0 Å². The molecule has 0 fully saturated rings. The Balaban J connectivity index is 1.64. The second-order valence-corrected chi connectivity index (χ2v) is 8.86. The molecule has 0 saturated heterocycles. The summed E-state index contributed by atoms with van der Waals surface area (Å²) in [5.74, 6) is -0.118. The molecule has 0 unspecified atom stereocenters. The number of benzene rings is 2. The maximum absolute atomic E-state index is 12.2. The number of aromatic nitrogens is 1. The zero-order valence-corrected chi connectivity index (χ0v) is 16.5. The number of carbonyl (C=O) groups excluding carboxylic acids is 1. The number of rotatable bonds is 6. The van der Waals surface area contributed by atoms with Crippen LogP contribution >= 0.6 is 11.3 Å². The molecule has 0 bridgehead atoms. The minimum Gasteiger partial charge on any atom is -0.326 e. The van der Waals surface area contributed by atoms with Crippen molar-refractivity contribution in [2.24, 2.45) is 0 Å². The fourth-order valence-electron chi connectivity index (χ4n) is 2.43. The molecule has 1 amide bonds. The average Bonchev–Trinajstić information content (AvgIpc) is 3.04. The number of aryl methyl sites for hydroxylation is 1. The molecule has 140 valence electrons. The van der Waals surface area contributed by atoms with Gasteiger partial charge in [0.15, 0.2) is 0 Å². The van der Waals surface area contributed by atoms with Gasteiger partial charge in [0.05, 0.1) is 18.4 Å². The molecule has 0 radical (unpaired) electrons. The average molecular weight is 402 g/mol. The zero-order chi connectivity index (χ0) is 19.4. The van der Waals surface area contributed by atoms with Crippen LogP contribution in [-0.2, 0) is 21.2 Å². The van der Waals surface area contributed by atoms with E-state index in [1.54, 1.807) is 24.3 Å². The van der Waals surface area contributed by atoms with Crippen molar-refractivity contribution >= 4 is 38.6 Å². The van der Waals surface area contributed by atoms with Crippen molar-refractivity contribution in [2.75, 3.05) is 16.3 Å². The summed E-state index contributed by atoms with van der Waals surface area (Å²) in [6, 6.07) is 14.6. The van der Waals surface area contributed by atoms with Gasteiger partial charge in [-0.05, 0) is 31.2 Å². The summed E-state index contributed by atoms with van der Waals surface area (Å²) in [6.07, 6.45) is 1.31. The number of thiazole rings is 1. The van der Waals surface area contributed by atoms with Gasteiger partial charge in [-0.25, -0.2) is 13.4 Å². The highest BCUT2D eigenvalue weighted by molar-refractivity contribution is 7.92. The standard InChI is InChI=1S/C19H19N3O3S2/c1-13-3-7-15(8-4-13)20-18(23)11-19-21-17(12-26-19)14-5-9-16(10-6-14)22-27(2,24)25/h3-10,12,22H,11H2,1-2H3,(H,20,23). The van der Waals surface area contributed by atoms with Crippen LogP contribution in [-0.4, -0.2) is 25.6 Å². The SMILES string of the molecule is Cc1ccc(NC(=O)Cc2nc(-c3ccc(NS(C)(=O)=O)cc3)cs2)cc1. The predicted octanol–water partition coefficient (Wildman–Crippen LogP) is 3.67. The van der Waals surface area contributed by atoms with Crippen LogP contribution < -0.4 is 10.0 Å². The van der Waals surface area contributed by atoms with Gasteiger partial charge in [-0.3, -0.25) is 9.52 Å². The van der Waals surface area contributed by atoms with E-state index in [4.69, 9.17) is 0 Å². The van der Waals surface area contributed by atoms with E-state index in [1.807, 2.05) is 36.6 Å². The first-order chi connectivity index (χ1) is 12.8. The number of sulfonamides is 1. The first kappa shape index (κ1) is 19.1.